The van der Waals surface area contributed by atoms with Crippen molar-refractivity contribution in [2.24, 2.45) is 0 Å². The summed E-state index contributed by atoms with van der Waals surface area (Å²) in [6, 6.07) is 6.57. The van der Waals surface area contributed by atoms with Crippen molar-refractivity contribution in [3.63, 3.8) is 0 Å². The zero-order chi connectivity index (χ0) is 19.7. The number of sulfone groups is 1. The number of anilines is 3. The number of hydrogen-bond donors (Lipinski definition) is 3. The van der Waals surface area contributed by atoms with Crippen molar-refractivity contribution in [2.75, 3.05) is 11.1 Å². The van der Waals surface area contributed by atoms with E-state index < -0.39 is 17.0 Å². The van der Waals surface area contributed by atoms with Crippen molar-refractivity contribution in [3.05, 3.63) is 60.2 Å². The highest BCUT2D eigenvalue weighted by atomic mass is 32.2. The average Bonchev–Trinajstić information content (AvgIpc) is 3.03. The van der Waals surface area contributed by atoms with Crippen LogP contribution in [0.1, 0.15) is 11.1 Å². The van der Waals surface area contributed by atoms with Crippen LogP contribution >= 0.6 is 0 Å². The predicted molar refractivity (Wildman–Crippen MR) is 104 cm³/mol. The van der Waals surface area contributed by atoms with Gasteiger partial charge in [-0.3, -0.25) is 4.98 Å². The Kier molecular flexibility index (Phi) is 4.71. The lowest BCUT2D eigenvalue weighted by atomic mass is 9.79. The summed E-state index contributed by atoms with van der Waals surface area (Å²) in [6.07, 6.45) is 5.73. The quantitative estimate of drug-likeness (QED) is 0.522. The van der Waals surface area contributed by atoms with Crippen LogP contribution in [0.3, 0.4) is 0 Å². The van der Waals surface area contributed by atoms with E-state index in [2.05, 4.69) is 20.3 Å². The maximum absolute atomic E-state index is 13.0. The molecule has 1 aliphatic rings. The van der Waals surface area contributed by atoms with E-state index in [9.17, 15) is 13.4 Å². The molecule has 0 saturated heterocycles. The van der Waals surface area contributed by atoms with E-state index in [-0.39, 0.29) is 16.5 Å². The van der Waals surface area contributed by atoms with Crippen molar-refractivity contribution < 1.29 is 18.1 Å². The van der Waals surface area contributed by atoms with Gasteiger partial charge in [0, 0.05) is 12.4 Å². The molecule has 0 saturated carbocycles. The molecule has 4 rings (SSSR count). The topological polar surface area (TPSA) is 140 Å². The molecule has 1 aromatic carbocycles. The van der Waals surface area contributed by atoms with Gasteiger partial charge in [0.15, 0.2) is 5.03 Å². The number of benzene rings is 1. The molecule has 2 aromatic heterocycles. The molecule has 0 radical (unpaired) electrons. The first-order chi connectivity index (χ1) is 13.4. The van der Waals surface area contributed by atoms with Gasteiger partial charge in [-0.2, -0.15) is 0 Å². The molecule has 28 heavy (non-hydrogen) atoms. The smallest absolute Gasteiger partial charge is 0.423 e. The van der Waals surface area contributed by atoms with Crippen LogP contribution in [0.5, 0.6) is 0 Å². The summed E-state index contributed by atoms with van der Waals surface area (Å²) in [4.78, 5) is 12.1. The average molecular weight is 397 g/mol. The molecule has 142 valence electrons. The van der Waals surface area contributed by atoms with Crippen LogP contribution in [0.25, 0.3) is 0 Å². The molecule has 11 heteroatoms. The number of nitrogens with zero attached hydrogens (tertiary/aromatic N) is 3. The van der Waals surface area contributed by atoms with Gasteiger partial charge >= 0.3 is 7.12 Å². The third kappa shape index (κ3) is 3.67. The van der Waals surface area contributed by atoms with Crippen LogP contribution < -0.4 is 16.5 Å². The molecular weight excluding hydrogens is 381 g/mol. The number of pyridine rings is 1. The maximum atomic E-state index is 13.0. The first-order valence-electron chi connectivity index (χ1n) is 8.35. The molecule has 0 unspecified atom stereocenters. The molecule has 3 aromatic rings. The Hall–Kier alpha value is -3.02. The van der Waals surface area contributed by atoms with Gasteiger partial charge in [0.1, 0.15) is 5.82 Å². The first-order valence-corrected chi connectivity index (χ1v) is 10.0. The SMILES string of the molecule is Nc1cnc(S(=O)(=O)Cc2ccc3c(c2)B(O)OC3)c(Nc2cnccn2)c1. The lowest BCUT2D eigenvalue weighted by Gasteiger charge is -2.12. The van der Waals surface area contributed by atoms with Gasteiger partial charge < -0.3 is 20.7 Å². The number of hydrogen-bond acceptors (Lipinski definition) is 9. The molecule has 9 nitrogen and oxygen atoms in total. The van der Waals surface area contributed by atoms with Gasteiger partial charge in [0.25, 0.3) is 0 Å². The van der Waals surface area contributed by atoms with Crippen molar-refractivity contribution in [1.29, 1.82) is 0 Å². The molecule has 0 spiro atoms. The van der Waals surface area contributed by atoms with Crippen LogP contribution in [-0.2, 0) is 26.9 Å². The lowest BCUT2D eigenvalue weighted by Crippen LogP contribution is -2.28. The third-order valence-electron chi connectivity index (χ3n) is 4.22. The van der Waals surface area contributed by atoms with E-state index in [1.54, 1.807) is 18.2 Å². The second-order valence-corrected chi connectivity index (χ2v) is 8.20. The fourth-order valence-corrected chi connectivity index (χ4v) is 4.36. The van der Waals surface area contributed by atoms with E-state index >= 15 is 0 Å². The highest BCUT2D eigenvalue weighted by molar-refractivity contribution is 7.90. The van der Waals surface area contributed by atoms with Crippen molar-refractivity contribution in [1.82, 2.24) is 15.0 Å². The van der Waals surface area contributed by atoms with Crippen LogP contribution in [0, 0.1) is 0 Å². The third-order valence-corrected chi connectivity index (χ3v) is 5.85. The van der Waals surface area contributed by atoms with E-state index in [0.717, 1.165) is 5.56 Å². The predicted octanol–water partition coefficient (Wildman–Crippen LogP) is 0.389. The molecule has 0 atom stereocenters. The Labute approximate surface area is 161 Å². The number of nitrogens with two attached hydrogens (primary N) is 1. The molecular formula is C17H16BN5O4S. The minimum atomic E-state index is -3.82. The van der Waals surface area contributed by atoms with Gasteiger partial charge in [-0.15, -0.1) is 0 Å². The highest BCUT2D eigenvalue weighted by Gasteiger charge is 2.29. The summed E-state index contributed by atoms with van der Waals surface area (Å²) in [5, 5.41) is 12.6. The molecule has 0 amide bonds. The molecule has 0 aliphatic carbocycles. The monoisotopic (exact) mass is 397 g/mol. The molecule has 0 fully saturated rings. The number of rotatable bonds is 5. The Morgan fingerprint density at radius 3 is 2.86 bits per heavy atom. The fourth-order valence-electron chi connectivity index (χ4n) is 2.95. The second kappa shape index (κ2) is 7.19. The van der Waals surface area contributed by atoms with Gasteiger partial charge in [-0.25, -0.2) is 18.4 Å². The zero-order valence-electron chi connectivity index (χ0n) is 14.6. The van der Waals surface area contributed by atoms with Gasteiger partial charge in [-0.05, 0) is 22.7 Å². The van der Waals surface area contributed by atoms with Crippen LogP contribution in [0.4, 0.5) is 17.2 Å². The van der Waals surface area contributed by atoms with E-state index in [4.69, 9.17) is 10.4 Å². The van der Waals surface area contributed by atoms with Crippen LogP contribution in [0.15, 0.2) is 54.1 Å². The fraction of sp³-hybridized carbons (Fsp3) is 0.118. The summed E-state index contributed by atoms with van der Waals surface area (Å²) < 4.78 is 31.2. The first kappa shape index (κ1) is 18.4. The lowest BCUT2D eigenvalue weighted by molar-refractivity contribution is 0.275. The minimum absolute atomic E-state index is 0.148. The maximum Gasteiger partial charge on any atom is 0.491 e. The Bertz CT molecular complexity index is 1130. The van der Waals surface area contributed by atoms with Crippen molar-refractivity contribution in [3.8, 4) is 0 Å². The summed E-state index contributed by atoms with van der Waals surface area (Å²) in [5.41, 5.74) is 8.24. The zero-order valence-corrected chi connectivity index (χ0v) is 15.4. The molecule has 1 aliphatic heterocycles. The number of nitrogen functional groups attached to an aromatic ring is 1. The summed E-state index contributed by atoms with van der Waals surface area (Å²) in [6.45, 7) is 0.301. The van der Waals surface area contributed by atoms with E-state index in [1.165, 1.54) is 30.9 Å². The number of aromatic nitrogens is 3. The summed E-state index contributed by atoms with van der Waals surface area (Å²) in [5.74, 6) is 0.0724. The second-order valence-electron chi connectivity index (χ2n) is 6.29. The Morgan fingerprint density at radius 1 is 1.21 bits per heavy atom. The highest BCUT2D eigenvalue weighted by Crippen LogP contribution is 2.27. The largest absolute Gasteiger partial charge is 0.491 e. The normalized spacial score (nSPS) is 13.4. The van der Waals surface area contributed by atoms with Crippen molar-refractivity contribution >= 4 is 39.6 Å². The van der Waals surface area contributed by atoms with Crippen molar-refractivity contribution in [2.45, 2.75) is 17.4 Å². The Balaban J connectivity index is 1.67. The van der Waals surface area contributed by atoms with Crippen LogP contribution in [0.2, 0.25) is 0 Å². The van der Waals surface area contributed by atoms with Crippen LogP contribution in [-0.4, -0.2) is 35.5 Å². The van der Waals surface area contributed by atoms with E-state index in [1.807, 2.05) is 0 Å². The number of fused-ring (bicyclic) bond motifs is 1. The van der Waals surface area contributed by atoms with E-state index in [0.29, 0.717) is 29.1 Å². The minimum Gasteiger partial charge on any atom is -0.423 e. The van der Waals surface area contributed by atoms with Gasteiger partial charge in [0.2, 0.25) is 9.84 Å². The summed E-state index contributed by atoms with van der Waals surface area (Å²) in [7, 11) is -4.86. The van der Waals surface area contributed by atoms with Gasteiger partial charge in [0.05, 0.1) is 36.1 Å². The standard InChI is InChI=1S/C17H16BN5O4S/c19-13-6-15(23-16-8-20-3-4-21-16)17(22-7-13)28(25,26)10-11-1-2-12-9-27-18(24)14(12)5-11/h1-8,24H,9-10,19H2,(H,21,23). The molecule has 4 N–H and O–H groups in total. The molecule has 3 heterocycles. The van der Waals surface area contributed by atoms with Gasteiger partial charge in [-0.1, -0.05) is 18.2 Å². The Morgan fingerprint density at radius 2 is 2.07 bits per heavy atom. The molecule has 0 bridgehead atoms. The summed E-state index contributed by atoms with van der Waals surface area (Å²) >= 11 is 0. The number of nitrogens with one attached hydrogen (secondary N) is 1.